The van der Waals surface area contributed by atoms with E-state index in [1.165, 1.54) is 0 Å². The summed E-state index contributed by atoms with van der Waals surface area (Å²) in [6.07, 6.45) is -0.133. The average molecular weight is 371 g/mol. The first-order chi connectivity index (χ1) is 13.0. The molecule has 6 nitrogen and oxygen atoms in total. The third-order valence-corrected chi connectivity index (χ3v) is 4.88. The SMILES string of the molecule is COc1ccc(C[C@]2(C)N[C@@H](CO)[C@H](c3ccccc3)OC2=O)cc1OC. The van der Waals surface area contributed by atoms with Crippen LogP contribution in [-0.4, -0.2) is 43.5 Å². The molecule has 1 aliphatic heterocycles. The standard InChI is InChI=1S/C21H25NO5/c1-21(12-14-9-10-17(25-2)18(11-14)26-3)20(24)27-19(16(13-23)22-21)15-7-5-4-6-8-15/h4-11,16,19,22-23H,12-13H2,1-3H3/t16-,19-,21-/m0/s1. The second-order valence-corrected chi connectivity index (χ2v) is 6.87. The molecule has 2 aromatic carbocycles. The summed E-state index contributed by atoms with van der Waals surface area (Å²) in [5, 5.41) is 13.2. The number of carbonyl (C=O) groups excluding carboxylic acids is 1. The van der Waals surface area contributed by atoms with Gasteiger partial charge in [0.05, 0.1) is 26.9 Å². The van der Waals surface area contributed by atoms with Gasteiger partial charge in [-0.1, -0.05) is 36.4 Å². The molecule has 0 spiro atoms. The molecule has 1 fully saturated rings. The molecule has 3 rings (SSSR count). The molecule has 3 atom stereocenters. The van der Waals surface area contributed by atoms with Crippen molar-refractivity contribution in [1.29, 1.82) is 0 Å². The molecule has 0 unspecified atom stereocenters. The second kappa shape index (κ2) is 7.98. The number of hydrogen-bond acceptors (Lipinski definition) is 6. The van der Waals surface area contributed by atoms with Crippen molar-refractivity contribution in [3.8, 4) is 11.5 Å². The van der Waals surface area contributed by atoms with E-state index in [1.807, 2.05) is 48.5 Å². The Morgan fingerprint density at radius 3 is 2.44 bits per heavy atom. The number of hydrogen-bond donors (Lipinski definition) is 2. The van der Waals surface area contributed by atoms with Crippen molar-refractivity contribution in [2.75, 3.05) is 20.8 Å². The van der Waals surface area contributed by atoms with E-state index in [0.29, 0.717) is 17.9 Å². The van der Waals surface area contributed by atoms with Crippen LogP contribution in [0, 0.1) is 0 Å². The molecule has 1 heterocycles. The number of carbonyl (C=O) groups is 1. The molecule has 0 bridgehead atoms. The van der Waals surface area contributed by atoms with Gasteiger partial charge in [0.25, 0.3) is 0 Å². The largest absolute Gasteiger partial charge is 0.493 e. The number of cyclic esters (lactones) is 1. The van der Waals surface area contributed by atoms with Gasteiger partial charge in [0, 0.05) is 6.42 Å². The van der Waals surface area contributed by atoms with Gasteiger partial charge in [-0.3, -0.25) is 10.1 Å². The summed E-state index contributed by atoms with van der Waals surface area (Å²) in [5.74, 6) is 0.877. The molecule has 1 aliphatic rings. The Hall–Kier alpha value is -2.57. The lowest BCUT2D eigenvalue weighted by atomic mass is 9.87. The predicted molar refractivity (Wildman–Crippen MR) is 101 cm³/mol. The zero-order chi connectivity index (χ0) is 19.4. The van der Waals surface area contributed by atoms with E-state index in [-0.39, 0.29) is 12.6 Å². The molecular formula is C21H25NO5. The van der Waals surface area contributed by atoms with Gasteiger partial charge < -0.3 is 19.3 Å². The Bertz CT molecular complexity index is 794. The molecule has 2 N–H and O–H groups in total. The number of nitrogens with one attached hydrogen (secondary N) is 1. The van der Waals surface area contributed by atoms with Gasteiger partial charge in [0.15, 0.2) is 11.5 Å². The van der Waals surface area contributed by atoms with Gasteiger partial charge in [0.1, 0.15) is 11.6 Å². The van der Waals surface area contributed by atoms with Gasteiger partial charge in [-0.15, -0.1) is 0 Å². The zero-order valence-corrected chi connectivity index (χ0v) is 15.8. The topological polar surface area (TPSA) is 77.0 Å². The highest BCUT2D eigenvalue weighted by Crippen LogP contribution is 2.33. The van der Waals surface area contributed by atoms with Crippen molar-refractivity contribution < 1.29 is 24.1 Å². The smallest absolute Gasteiger partial charge is 0.327 e. The summed E-state index contributed by atoms with van der Waals surface area (Å²) in [5.41, 5.74) is 0.790. The van der Waals surface area contributed by atoms with E-state index in [9.17, 15) is 9.90 Å². The van der Waals surface area contributed by atoms with Crippen molar-refractivity contribution in [2.45, 2.75) is 31.0 Å². The minimum Gasteiger partial charge on any atom is -0.493 e. The maximum Gasteiger partial charge on any atom is 0.327 e. The zero-order valence-electron chi connectivity index (χ0n) is 15.8. The Labute approximate surface area is 159 Å². The van der Waals surface area contributed by atoms with Crippen LogP contribution in [0.2, 0.25) is 0 Å². The number of methoxy groups -OCH3 is 2. The fourth-order valence-electron chi connectivity index (χ4n) is 3.48. The predicted octanol–water partition coefficient (Wildman–Crippen LogP) is 2.25. The summed E-state index contributed by atoms with van der Waals surface area (Å²) in [6.45, 7) is 1.64. The van der Waals surface area contributed by atoms with E-state index in [0.717, 1.165) is 11.1 Å². The molecule has 2 aromatic rings. The van der Waals surface area contributed by atoms with E-state index >= 15 is 0 Å². The molecular weight excluding hydrogens is 346 g/mol. The van der Waals surface area contributed by atoms with Crippen LogP contribution in [0.3, 0.4) is 0 Å². The van der Waals surface area contributed by atoms with Gasteiger partial charge in [-0.25, -0.2) is 0 Å². The van der Waals surface area contributed by atoms with E-state index in [1.54, 1.807) is 21.1 Å². The second-order valence-electron chi connectivity index (χ2n) is 6.87. The number of esters is 1. The van der Waals surface area contributed by atoms with Gasteiger partial charge in [0.2, 0.25) is 0 Å². The number of aliphatic hydroxyl groups is 1. The summed E-state index contributed by atoms with van der Waals surface area (Å²) in [4.78, 5) is 12.8. The first-order valence-electron chi connectivity index (χ1n) is 8.86. The van der Waals surface area contributed by atoms with Crippen LogP contribution in [0.15, 0.2) is 48.5 Å². The lowest BCUT2D eigenvalue weighted by molar-refractivity contribution is -0.169. The fourth-order valence-corrected chi connectivity index (χ4v) is 3.48. The van der Waals surface area contributed by atoms with Crippen LogP contribution >= 0.6 is 0 Å². The van der Waals surface area contributed by atoms with Crippen LogP contribution in [0.5, 0.6) is 11.5 Å². The summed E-state index contributed by atoms with van der Waals surface area (Å²) >= 11 is 0. The molecule has 6 heteroatoms. The van der Waals surface area contributed by atoms with E-state index in [4.69, 9.17) is 14.2 Å². The van der Waals surface area contributed by atoms with Crippen LogP contribution < -0.4 is 14.8 Å². The Kier molecular flexibility index (Phi) is 5.68. The number of aliphatic hydroxyl groups excluding tert-OH is 1. The Morgan fingerprint density at radius 2 is 1.81 bits per heavy atom. The molecule has 0 radical (unpaired) electrons. The minimum absolute atomic E-state index is 0.144. The van der Waals surface area contributed by atoms with Crippen molar-refractivity contribution in [1.82, 2.24) is 5.32 Å². The normalized spacial score (nSPS) is 25.0. The van der Waals surface area contributed by atoms with Crippen LogP contribution in [0.4, 0.5) is 0 Å². The first kappa shape index (κ1) is 19.2. The minimum atomic E-state index is -0.960. The monoisotopic (exact) mass is 371 g/mol. The van der Waals surface area contributed by atoms with Crippen molar-refractivity contribution in [3.63, 3.8) is 0 Å². The summed E-state index contributed by atoms with van der Waals surface area (Å²) in [7, 11) is 3.15. The third-order valence-electron chi connectivity index (χ3n) is 4.88. The number of benzene rings is 2. The average Bonchev–Trinajstić information content (AvgIpc) is 2.70. The quantitative estimate of drug-likeness (QED) is 0.759. The van der Waals surface area contributed by atoms with Crippen molar-refractivity contribution >= 4 is 5.97 Å². The summed E-state index contributed by atoms with van der Waals surface area (Å²) in [6, 6.07) is 14.6. The Morgan fingerprint density at radius 1 is 1.11 bits per heavy atom. The Balaban J connectivity index is 1.83. The van der Waals surface area contributed by atoms with Gasteiger partial charge in [-0.2, -0.15) is 0 Å². The molecule has 0 saturated carbocycles. The number of morpholine rings is 1. The molecule has 27 heavy (non-hydrogen) atoms. The highest BCUT2D eigenvalue weighted by Gasteiger charge is 2.45. The number of ether oxygens (including phenoxy) is 3. The highest BCUT2D eigenvalue weighted by atomic mass is 16.6. The molecule has 0 amide bonds. The van der Waals surface area contributed by atoms with E-state index < -0.39 is 17.7 Å². The molecule has 0 aromatic heterocycles. The highest BCUT2D eigenvalue weighted by molar-refractivity contribution is 5.82. The van der Waals surface area contributed by atoms with Crippen LogP contribution in [0.1, 0.15) is 24.2 Å². The lowest BCUT2D eigenvalue weighted by Gasteiger charge is -2.42. The van der Waals surface area contributed by atoms with Gasteiger partial charge >= 0.3 is 5.97 Å². The van der Waals surface area contributed by atoms with Gasteiger partial charge in [-0.05, 0) is 30.2 Å². The molecule has 1 saturated heterocycles. The first-order valence-corrected chi connectivity index (χ1v) is 8.86. The fraction of sp³-hybridized carbons (Fsp3) is 0.381. The summed E-state index contributed by atoms with van der Waals surface area (Å²) < 4.78 is 16.3. The van der Waals surface area contributed by atoms with E-state index in [2.05, 4.69) is 5.32 Å². The number of rotatable bonds is 6. The maximum atomic E-state index is 12.8. The maximum absolute atomic E-state index is 12.8. The molecule has 144 valence electrons. The van der Waals surface area contributed by atoms with Crippen LogP contribution in [-0.2, 0) is 16.0 Å². The van der Waals surface area contributed by atoms with Crippen molar-refractivity contribution in [2.24, 2.45) is 0 Å². The third kappa shape index (κ3) is 3.91. The van der Waals surface area contributed by atoms with Crippen molar-refractivity contribution in [3.05, 3.63) is 59.7 Å². The lowest BCUT2D eigenvalue weighted by Crippen LogP contribution is -2.63. The van der Waals surface area contributed by atoms with Crippen LogP contribution in [0.25, 0.3) is 0 Å². The molecule has 0 aliphatic carbocycles.